The van der Waals surface area contributed by atoms with Crippen molar-refractivity contribution in [3.8, 4) is 16.9 Å². The standard InChI is InChI=1S/C25H27ClF2N6O/c1-32(2)15-11-34(12-15)25-30-23-16(24(31-25)33-9-13-6-7-14(10-33)29-13)8-17(26)20(22(23)28)21-18(27)4-3-5-19(21)35/h3-5,8,13-15,29,35H,6-7,9-12H2,1-2H3/t13-,14+. The maximum Gasteiger partial charge on any atom is 0.228 e. The van der Waals surface area contributed by atoms with Gasteiger partial charge in [0.05, 0.1) is 10.6 Å². The average Bonchev–Trinajstić information content (AvgIpc) is 3.11. The molecule has 3 saturated heterocycles. The van der Waals surface area contributed by atoms with Crippen LogP contribution in [-0.2, 0) is 0 Å². The van der Waals surface area contributed by atoms with E-state index < -0.39 is 11.6 Å². The third-order valence-electron chi connectivity index (χ3n) is 7.48. The Bertz CT molecular complexity index is 1280. The highest BCUT2D eigenvalue weighted by Gasteiger charge is 2.36. The Morgan fingerprint density at radius 3 is 2.40 bits per heavy atom. The molecular formula is C25H27ClF2N6O. The monoisotopic (exact) mass is 500 g/mol. The van der Waals surface area contributed by atoms with Crippen LogP contribution in [0.2, 0.25) is 5.02 Å². The first-order valence-electron chi connectivity index (χ1n) is 11.9. The second kappa shape index (κ2) is 8.43. The van der Waals surface area contributed by atoms with Crippen LogP contribution in [0.4, 0.5) is 20.5 Å². The fourth-order valence-corrected chi connectivity index (χ4v) is 5.74. The number of phenolic OH excluding ortho intramolecular Hbond substituents is 1. The van der Waals surface area contributed by atoms with Crippen LogP contribution in [0.3, 0.4) is 0 Å². The lowest BCUT2D eigenvalue weighted by molar-refractivity contribution is 0.245. The number of piperazine rings is 1. The molecule has 2 N–H and O–H groups in total. The van der Waals surface area contributed by atoms with E-state index in [0.717, 1.165) is 39.0 Å². The van der Waals surface area contributed by atoms with Gasteiger partial charge in [0.1, 0.15) is 22.9 Å². The number of rotatable bonds is 4. The number of anilines is 2. The van der Waals surface area contributed by atoms with Crippen molar-refractivity contribution < 1.29 is 13.9 Å². The summed E-state index contributed by atoms with van der Waals surface area (Å²) in [6.07, 6.45) is 2.19. The minimum atomic E-state index is -0.763. The molecule has 3 aliphatic rings. The third-order valence-corrected chi connectivity index (χ3v) is 7.78. The molecular weight excluding hydrogens is 474 g/mol. The number of nitrogens with one attached hydrogen (secondary N) is 1. The molecule has 2 atom stereocenters. The predicted molar refractivity (Wildman–Crippen MR) is 133 cm³/mol. The first-order chi connectivity index (χ1) is 16.8. The number of nitrogens with zero attached hydrogens (tertiary/aromatic N) is 5. The largest absolute Gasteiger partial charge is 0.507 e. The van der Waals surface area contributed by atoms with Crippen LogP contribution in [0.5, 0.6) is 5.75 Å². The van der Waals surface area contributed by atoms with E-state index in [-0.39, 0.29) is 27.4 Å². The Balaban J connectivity index is 1.53. The fraction of sp³-hybridized carbons (Fsp3) is 0.440. The van der Waals surface area contributed by atoms with E-state index in [1.165, 1.54) is 18.2 Å². The molecule has 7 nitrogen and oxygen atoms in total. The van der Waals surface area contributed by atoms with Gasteiger partial charge in [0.15, 0.2) is 5.82 Å². The first kappa shape index (κ1) is 22.7. The van der Waals surface area contributed by atoms with Crippen LogP contribution >= 0.6 is 11.6 Å². The van der Waals surface area contributed by atoms with Crippen LogP contribution in [0, 0.1) is 11.6 Å². The van der Waals surface area contributed by atoms with Gasteiger partial charge >= 0.3 is 0 Å². The van der Waals surface area contributed by atoms with Crippen molar-refractivity contribution >= 4 is 34.3 Å². The number of likely N-dealkylation sites (N-methyl/N-ethyl adjacent to an activating group) is 1. The molecule has 10 heteroatoms. The van der Waals surface area contributed by atoms with Crippen molar-refractivity contribution in [3.63, 3.8) is 0 Å². The molecule has 6 rings (SSSR count). The van der Waals surface area contributed by atoms with Crippen LogP contribution < -0.4 is 15.1 Å². The molecule has 0 aliphatic carbocycles. The molecule has 1 aromatic heterocycles. The summed E-state index contributed by atoms with van der Waals surface area (Å²) in [6.45, 7) is 3.00. The number of halogens is 3. The van der Waals surface area contributed by atoms with Crippen LogP contribution in [0.1, 0.15) is 12.8 Å². The Hall–Kier alpha value is -2.75. The van der Waals surface area contributed by atoms with Gasteiger partial charge in [-0.1, -0.05) is 17.7 Å². The van der Waals surface area contributed by atoms with Crippen molar-refractivity contribution in [2.75, 3.05) is 50.1 Å². The van der Waals surface area contributed by atoms with E-state index >= 15 is 4.39 Å². The second-order valence-electron chi connectivity index (χ2n) is 9.99. The van der Waals surface area contributed by atoms with Crippen LogP contribution in [-0.4, -0.2) is 78.4 Å². The van der Waals surface area contributed by atoms with E-state index in [4.69, 9.17) is 16.6 Å². The zero-order valence-electron chi connectivity index (χ0n) is 19.6. The highest BCUT2D eigenvalue weighted by molar-refractivity contribution is 6.34. The highest BCUT2D eigenvalue weighted by atomic mass is 35.5. The molecule has 0 radical (unpaired) electrons. The minimum absolute atomic E-state index is 0.00253. The zero-order valence-corrected chi connectivity index (χ0v) is 20.4. The number of hydrogen-bond donors (Lipinski definition) is 2. The smallest absolute Gasteiger partial charge is 0.228 e. The number of hydrogen-bond acceptors (Lipinski definition) is 7. The molecule has 3 fully saturated rings. The number of benzene rings is 2. The van der Waals surface area contributed by atoms with Gasteiger partial charge < -0.3 is 25.1 Å². The number of phenols is 1. The topological polar surface area (TPSA) is 67.8 Å². The second-order valence-corrected chi connectivity index (χ2v) is 10.4. The molecule has 2 aromatic carbocycles. The van der Waals surface area contributed by atoms with E-state index in [9.17, 15) is 9.50 Å². The third kappa shape index (κ3) is 3.77. The summed E-state index contributed by atoms with van der Waals surface area (Å²) in [5.74, 6) is -0.811. The average molecular weight is 501 g/mol. The Labute approximate surface area is 207 Å². The van der Waals surface area contributed by atoms with Gasteiger partial charge in [0, 0.05) is 55.3 Å². The van der Waals surface area contributed by atoms with Gasteiger partial charge in [-0.2, -0.15) is 4.98 Å². The fourth-order valence-electron chi connectivity index (χ4n) is 5.46. The number of aromatic hydroxyl groups is 1. The van der Waals surface area contributed by atoms with Crippen molar-refractivity contribution in [2.45, 2.75) is 31.0 Å². The van der Waals surface area contributed by atoms with Gasteiger partial charge in [-0.3, -0.25) is 0 Å². The minimum Gasteiger partial charge on any atom is -0.507 e. The van der Waals surface area contributed by atoms with Gasteiger partial charge in [0.2, 0.25) is 5.95 Å². The summed E-state index contributed by atoms with van der Waals surface area (Å²) in [4.78, 5) is 15.9. The molecule has 0 saturated carbocycles. The van der Waals surface area contributed by atoms with E-state index in [2.05, 4.69) is 20.1 Å². The quantitative estimate of drug-likeness (QED) is 0.567. The molecule has 3 aromatic rings. The van der Waals surface area contributed by atoms with Crippen LogP contribution in [0.25, 0.3) is 22.0 Å². The molecule has 35 heavy (non-hydrogen) atoms. The highest BCUT2D eigenvalue weighted by Crippen LogP contribution is 2.43. The normalized spacial score (nSPS) is 22.3. The number of fused-ring (bicyclic) bond motifs is 3. The van der Waals surface area contributed by atoms with Crippen molar-refractivity contribution in [3.05, 3.63) is 40.9 Å². The summed E-state index contributed by atoms with van der Waals surface area (Å²) < 4.78 is 30.9. The molecule has 0 amide bonds. The molecule has 4 heterocycles. The zero-order chi connectivity index (χ0) is 24.4. The lowest BCUT2D eigenvalue weighted by Crippen LogP contribution is -2.58. The van der Waals surface area contributed by atoms with Crippen LogP contribution in [0.15, 0.2) is 24.3 Å². The summed E-state index contributed by atoms with van der Waals surface area (Å²) in [7, 11) is 4.06. The molecule has 184 valence electrons. The molecule has 0 spiro atoms. The molecule has 0 unspecified atom stereocenters. The molecule has 3 aliphatic heterocycles. The maximum absolute atomic E-state index is 16.1. The lowest BCUT2D eigenvalue weighted by Gasteiger charge is -2.43. The van der Waals surface area contributed by atoms with Gasteiger partial charge in [-0.15, -0.1) is 0 Å². The summed E-state index contributed by atoms with van der Waals surface area (Å²) in [5.41, 5.74) is -0.387. The van der Waals surface area contributed by atoms with Crippen molar-refractivity contribution in [1.82, 2.24) is 20.2 Å². The van der Waals surface area contributed by atoms with Crippen molar-refractivity contribution in [1.29, 1.82) is 0 Å². The van der Waals surface area contributed by atoms with Gasteiger partial charge in [-0.05, 0) is 45.1 Å². The Kier molecular flexibility index (Phi) is 5.47. The summed E-state index contributed by atoms with van der Waals surface area (Å²) in [6, 6.07) is 6.54. The van der Waals surface area contributed by atoms with E-state index in [0.29, 0.717) is 35.3 Å². The Morgan fingerprint density at radius 2 is 1.74 bits per heavy atom. The SMILES string of the molecule is CN(C)C1CN(c2nc(N3C[C@H]4CC[C@@H](C3)N4)c3cc(Cl)c(-c4c(O)cccc4F)c(F)c3n2)C1. The van der Waals surface area contributed by atoms with Gasteiger partial charge in [0.25, 0.3) is 0 Å². The van der Waals surface area contributed by atoms with Gasteiger partial charge in [-0.25, -0.2) is 13.8 Å². The van der Waals surface area contributed by atoms with E-state index in [1.54, 1.807) is 6.07 Å². The lowest BCUT2D eigenvalue weighted by atomic mass is 10.0. The summed E-state index contributed by atoms with van der Waals surface area (Å²) >= 11 is 6.54. The predicted octanol–water partition coefficient (Wildman–Crippen LogP) is 3.62. The Morgan fingerprint density at radius 1 is 1.03 bits per heavy atom. The van der Waals surface area contributed by atoms with Crippen molar-refractivity contribution in [2.24, 2.45) is 0 Å². The molecule has 2 bridgehead atoms. The first-order valence-corrected chi connectivity index (χ1v) is 12.3. The summed E-state index contributed by atoms with van der Waals surface area (Å²) in [5, 5.41) is 14.4. The van der Waals surface area contributed by atoms with E-state index in [1.807, 2.05) is 19.0 Å². The maximum atomic E-state index is 16.1. The number of aromatic nitrogens is 2.